The number of aromatic nitrogens is 1. The highest BCUT2D eigenvalue weighted by Crippen LogP contribution is 2.32. The molecule has 0 fully saturated rings. The molecule has 0 spiro atoms. The van der Waals surface area contributed by atoms with Crippen molar-refractivity contribution in [2.45, 2.75) is 0 Å². The van der Waals surface area contributed by atoms with Gasteiger partial charge in [0.2, 0.25) is 0 Å². The highest BCUT2D eigenvalue weighted by atomic mass is 35.5. The summed E-state index contributed by atoms with van der Waals surface area (Å²) in [6.07, 6.45) is 0. The van der Waals surface area contributed by atoms with Crippen molar-refractivity contribution >= 4 is 40.1 Å². The molecule has 0 unspecified atom stereocenters. The molecule has 0 aliphatic carbocycles. The van der Waals surface area contributed by atoms with Crippen LogP contribution in [0.1, 0.15) is 10.4 Å². The summed E-state index contributed by atoms with van der Waals surface area (Å²) in [5.41, 5.74) is 1.34. The highest BCUT2D eigenvalue weighted by molar-refractivity contribution is 6.30. The Morgan fingerprint density at radius 3 is 2.71 bits per heavy atom. The van der Waals surface area contributed by atoms with Gasteiger partial charge in [0, 0.05) is 17.1 Å². The number of para-hydroxylation sites is 1. The van der Waals surface area contributed by atoms with Gasteiger partial charge in [0.1, 0.15) is 18.4 Å². The van der Waals surface area contributed by atoms with Gasteiger partial charge in [-0.3, -0.25) is 4.79 Å². The van der Waals surface area contributed by atoms with Gasteiger partial charge in [-0.2, -0.15) is 0 Å². The van der Waals surface area contributed by atoms with Crippen molar-refractivity contribution in [3.63, 3.8) is 0 Å². The maximum absolute atomic E-state index is 12.4. The molecule has 0 saturated heterocycles. The molecule has 8 heteroatoms. The van der Waals surface area contributed by atoms with Crippen LogP contribution in [-0.4, -0.2) is 36.7 Å². The summed E-state index contributed by atoms with van der Waals surface area (Å²) in [7, 11) is 0. The number of amides is 1. The Hall–Kier alpha value is -3.32. The van der Waals surface area contributed by atoms with Crippen LogP contribution in [-0.2, 0) is 9.53 Å². The molecule has 2 aromatic carbocycles. The first-order valence-corrected chi connectivity index (χ1v) is 8.90. The third-order valence-corrected chi connectivity index (χ3v) is 4.26. The smallest absolute Gasteiger partial charge is 0.339 e. The van der Waals surface area contributed by atoms with Crippen LogP contribution in [0.3, 0.4) is 0 Å². The number of halogens is 1. The number of anilines is 1. The lowest BCUT2D eigenvalue weighted by atomic mass is 10.1. The average Bonchev–Trinajstić information content (AvgIpc) is 2.71. The Balaban J connectivity index is 1.42. The minimum atomic E-state index is -0.655. The normalized spacial score (nSPS) is 12.5. The standard InChI is InChI=1S/C20H15ClN2O5/c21-18-10-14(13-3-1-2-4-15(13)23-18)20(25)28-11-19(24)22-12-5-6-16-17(9-12)27-8-7-26-16/h1-6,9-10H,7-8,11H2,(H,22,24). The van der Waals surface area contributed by atoms with Crippen LogP contribution in [0, 0.1) is 0 Å². The van der Waals surface area contributed by atoms with Crippen molar-refractivity contribution in [2.75, 3.05) is 25.1 Å². The second-order valence-electron chi connectivity index (χ2n) is 5.99. The van der Waals surface area contributed by atoms with E-state index in [0.29, 0.717) is 41.3 Å². The molecule has 1 aliphatic rings. The summed E-state index contributed by atoms with van der Waals surface area (Å²) >= 11 is 5.98. The Kier molecular flexibility index (Phi) is 4.99. The number of pyridine rings is 1. The fourth-order valence-corrected chi connectivity index (χ4v) is 3.04. The SMILES string of the molecule is O=C(COC(=O)c1cc(Cl)nc2ccccc12)Nc1ccc2c(c1)OCCO2. The van der Waals surface area contributed by atoms with Crippen molar-refractivity contribution in [3.8, 4) is 11.5 Å². The maximum atomic E-state index is 12.4. The quantitative estimate of drug-likeness (QED) is 0.535. The van der Waals surface area contributed by atoms with Gasteiger partial charge in [0.05, 0.1) is 11.1 Å². The van der Waals surface area contributed by atoms with Crippen molar-refractivity contribution in [3.05, 3.63) is 59.2 Å². The molecule has 3 aromatic rings. The first-order chi connectivity index (χ1) is 13.6. The van der Waals surface area contributed by atoms with Crippen molar-refractivity contribution < 1.29 is 23.8 Å². The van der Waals surface area contributed by atoms with E-state index < -0.39 is 18.5 Å². The van der Waals surface area contributed by atoms with Crippen LogP contribution in [0.5, 0.6) is 11.5 Å². The average molecular weight is 399 g/mol. The number of esters is 1. The zero-order valence-corrected chi connectivity index (χ0v) is 15.4. The van der Waals surface area contributed by atoms with Crippen LogP contribution in [0.15, 0.2) is 48.5 Å². The van der Waals surface area contributed by atoms with E-state index in [1.165, 1.54) is 6.07 Å². The summed E-state index contributed by atoms with van der Waals surface area (Å²) in [5.74, 6) is 0.0448. The predicted molar refractivity (Wildman–Crippen MR) is 103 cm³/mol. The minimum Gasteiger partial charge on any atom is -0.486 e. The Labute approximate surface area is 165 Å². The third kappa shape index (κ3) is 3.84. The van der Waals surface area contributed by atoms with Gasteiger partial charge in [-0.15, -0.1) is 0 Å². The lowest BCUT2D eigenvalue weighted by molar-refractivity contribution is -0.119. The van der Waals surface area contributed by atoms with Crippen LogP contribution < -0.4 is 14.8 Å². The molecule has 28 heavy (non-hydrogen) atoms. The second kappa shape index (κ2) is 7.74. The van der Waals surface area contributed by atoms with Crippen molar-refractivity contribution in [2.24, 2.45) is 0 Å². The van der Waals surface area contributed by atoms with E-state index >= 15 is 0 Å². The number of benzene rings is 2. The van der Waals surface area contributed by atoms with E-state index in [-0.39, 0.29) is 10.7 Å². The number of carbonyl (C=O) groups is 2. The molecular weight excluding hydrogens is 384 g/mol. The van der Waals surface area contributed by atoms with Gasteiger partial charge in [-0.25, -0.2) is 9.78 Å². The molecule has 1 aliphatic heterocycles. The molecule has 4 rings (SSSR count). The number of hydrogen-bond donors (Lipinski definition) is 1. The predicted octanol–water partition coefficient (Wildman–Crippen LogP) is 3.45. The fourth-order valence-electron chi connectivity index (χ4n) is 2.84. The van der Waals surface area contributed by atoms with E-state index in [0.717, 1.165) is 0 Å². The molecule has 0 bridgehead atoms. The minimum absolute atomic E-state index is 0.173. The number of ether oxygens (including phenoxy) is 3. The van der Waals surface area contributed by atoms with Gasteiger partial charge >= 0.3 is 5.97 Å². The molecule has 0 radical (unpaired) electrons. The van der Waals surface area contributed by atoms with Gasteiger partial charge < -0.3 is 19.5 Å². The number of fused-ring (bicyclic) bond motifs is 2. The fraction of sp³-hybridized carbons (Fsp3) is 0.150. The van der Waals surface area contributed by atoms with Gasteiger partial charge in [0.25, 0.3) is 5.91 Å². The summed E-state index contributed by atoms with van der Waals surface area (Å²) in [6.45, 7) is 0.494. The maximum Gasteiger partial charge on any atom is 0.339 e. The number of hydrogen-bond acceptors (Lipinski definition) is 6. The number of nitrogens with zero attached hydrogens (tertiary/aromatic N) is 1. The molecule has 7 nitrogen and oxygen atoms in total. The largest absolute Gasteiger partial charge is 0.486 e. The van der Waals surface area contributed by atoms with Gasteiger partial charge in [-0.05, 0) is 24.3 Å². The van der Waals surface area contributed by atoms with E-state index in [2.05, 4.69) is 10.3 Å². The Morgan fingerprint density at radius 2 is 1.86 bits per heavy atom. The van der Waals surface area contributed by atoms with Crippen LogP contribution in [0.4, 0.5) is 5.69 Å². The highest BCUT2D eigenvalue weighted by Gasteiger charge is 2.16. The van der Waals surface area contributed by atoms with E-state index in [1.807, 2.05) is 0 Å². The number of rotatable bonds is 4. The molecule has 1 aromatic heterocycles. The molecular formula is C20H15ClN2O5. The summed E-state index contributed by atoms with van der Waals surface area (Å²) in [5, 5.41) is 3.43. The first-order valence-electron chi connectivity index (χ1n) is 8.52. The van der Waals surface area contributed by atoms with E-state index in [4.69, 9.17) is 25.8 Å². The lowest BCUT2D eigenvalue weighted by Gasteiger charge is -2.19. The second-order valence-corrected chi connectivity index (χ2v) is 6.38. The zero-order chi connectivity index (χ0) is 19.5. The van der Waals surface area contributed by atoms with Gasteiger partial charge in [-0.1, -0.05) is 29.8 Å². The summed E-state index contributed by atoms with van der Waals surface area (Å²) < 4.78 is 16.1. The monoisotopic (exact) mass is 398 g/mol. The van der Waals surface area contributed by atoms with Crippen LogP contribution >= 0.6 is 11.6 Å². The topological polar surface area (TPSA) is 86.8 Å². The third-order valence-electron chi connectivity index (χ3n) is 4.07. The van der Waals surface area contributed by atoms with Gasteiger partial charge in [0.15, 0.2) is 18.1 Å². The Bertz CT molecular complexity index is 1070. The zero-order valence-electron chi connectivity index (χ0n) is 14.6. The summed E-state index contributed by atoms with van der Waals surface area (Å²) in [4.78, 5) is 28.7. The molecule has 0 atom stereocenters. The first kappa shape index (κ1) is 18.1. The van der Waals surface area contributed by atoms with Crippen LogP contribution in [0.25, 0.3) is 10.9 Å². The number of carbonyl (C=O) groups excluding carboxylic acids is 2. The molecule has 2 heterocycles. The van der Waals surface area contributed by atoms with E-state index in [9.17, 15) is 9.59 Å². The molecule has 142 valence electrons. The molecule has 1 amide bonds. The lowest BCUT2D eigenvalue weighted by Crippen LogP contribution is -2.21. The molecule has 1 N–H and O–H groups in total. The number of nitrogens with one attached hydrogen (secondary N) is 1. The van der Waals surface area contributed by atoms with Crippen LogP contribution in [0.2, 0.25) is 5.15 Å². The molecule has 0 saturated carbocycles. The summed E-state index contributed by atoms with van der Waals surface area (Å²) in [6, 6.07) is 13.5. The Morgan fingerprint density at radius 1 is 1.07 bits per heavy atom. The van der Waals surface area contributed by atoms with Crippen molar-refractivity contribution in [1.29, 1.82) is 0 Å². The van der Waals surface area contributed by atoms with Crippen molar-refractivity contribution in [1.82, 2.24) is 4.98 Å². The van der Waals surface area contributed by atoms with E-state index in [1.54, 1.807) is 42.5 Å².